The lowest BCUT2D eigenvalue weighted by molar-refractivity contribution is 0.0594. The van der Waals surface area contributed by atoms with Gasteiger partial charge in [-0.15, -0.1) is 0 Å². The van der Waals surface area contributed by atoms with Gasteiger partial charge in [-0.3, -0.25) is 4.90 Å². The molecular weight excluding hydrogens is 583 g/mol. The van der Waals surface area contributed by atoms with E-state index in [4.69, 9.17) is 26.1 Å². The van der Waals surface area contributed by atoms with Crippen molar-refractivity contribution in [1.82, 2.24) is 19.4 Å². The van der Waals surface area contributed by atoms with Gasteiger partial charge in [0, 0.05) is 16.1 Å². The average molecular weight is 619 g/mol. The van der Waals surface area contributed by atoms with Crippen molar-refractivity contribution in [1.29, 1.82) is 0 Å². The van der Waals surface area contributed by atoms with E-state index in [9.17, 15) is 14.3 Å². The van der Waals surface area contributed by atoms with E-state index in [-0.39, 0.29) is 11.6 Å². The van der Waals surface area contributed by atoms with Crippen LogP contribution in [0.15, 0.2) is 54.6 Å². The largest absolute Gasteiger partial charge is 0.478 e. The van der Waals surface area contributed by atoms with Crippen molar-refractivity contribution < 1.29 is 23.8 Å². The molecule has 44 heavy (non-hydrogen) atoms. The Labute approximate surface area is 261 Å². The number of aliphatic hydroxyl groups excluding tert-OH is 1. The molecule has 0 spiro atoms. The zero-order valence-electron chi connectivity index (χ0n) is 25.1. The highest BCUT2D eigenvalue weighted by Gasteiger charge is 2.35. The van der Waals surface area contributed by atoms with Crippen molar-refractivity contribution in [3.8, 4) is 5.75 Å². The number of hydrogen-bond donors (Lipinski definition) is 1. The lowest BCUT2D eigenvalue weighted by Crippen LogP contribution is -2.35. The number of esters is 1. The maximum atomic E-state index is 14.9. The van der Waals surface area contributed by atoms with Crippen LogP contribution in [0.3, 0.4) is 0 Å². The van der Waals surface area contributed by atoms with Crippen molar-refractivity contribution in [2.45, 2.75) is 63.8 Å². The number of imidazole rings is 1. The smallest absolute Gasteiger partial charge is 0.356 e. The molecule has 0 aliphatic carbocycles. The topological polar surface area (TPSA) is 89.7 Å². The summed E-state index contributed by atoms with van der Waals surface area (Å²) in [7, 11) is 1.33. The Morgan fingerprint density at radius 2 is 2.00 bits per heavy atom. The van der Waals surface area contributed by atoms with E-state index >= 15 is 0 Å². The number of nitrogens with zero attached hydrogens (tertiary/aromatic N) is 4. The highest BCUT2D eigenvalue weighted by atomic mass is 35.5. The fourth-order valence-electron chi connectivity index (χ4n) is 6.20. The summed E-state index contributed by atoms with van der Waals surface area (Å²) >= 11 is 6.01. The maximum Gasteiger partial charge on any atom is 0.356 e. The number of para-hydroxylation sites is 1. The minimum Gasteiger partial charge on any atom is -0.478 e. The first-order chi connectivity index (χ1) is 21.2. The summed E-state index contributed by atoms with van der Waals surface area (Å²) in [6.07, 6.45) is 5.77. The Kier molecular flexibility index (Phi) is 8.46. The number of piperidine rings is 1. The number of pyridine rings is 1. The molecule has 2 aromatic heterocycles. The number of benzene rings is 2. The Morgan fingerprint density at radius 1 is 1.20 bits per heavy atom. The van der Waals surface area contributed by atoms with Gasteiger partial charge in [-0.1, -0.05) is 48.9 Å². The molecule has 4 heterocycles. The second kappa shape index (κ2) is 12.3. The molecule has 10 heteroatoms. The quantitative estimate of drug-likeness (QED) is 0.226. The van der Waals surface area contributed by atoms with E-state index in [1.54, 1.807) is 24.3 Å². The van der Waals surface area contributed by atoms with Crippen LogP contribution < -0.4 is 4.74 Å². The molecule has 4 aromatic rings. The van der Waals surface area contributed by atoms with Gasteiger partial charge in [0.05, 0.1) is 26.3 Å². The fourth-order valence-corrected chi connectivity index (χ4v) is 6.36. The van der Waals surface area contributed by atoms with Crippen LogP contribution in [0.25, 0.3) is 17.2 Å². The summed E-state index contributed by atoms with van der Waals surface area (Å²) in [5.41, 5.74) is 3.04. The first-order valence-electron chi connectivity index (χ1n) is 15.0. The monoisotopic (exact) mass is 618 g/mol. The molecule has 2 aliphatic rings. The second-order valence-corrected chi connectivity index (χ2v) is 12.2. The normalized spacial score (nSPS) is 19.5. The molecule has 6 rings (SSSR count). The molecule has 2 atom stereocenters. The highest BCUT2D eigenvalue weighted by molar-refractivity contribution is 6.30. The number of aliphatic hydroxyl groups is 1. The first kappa shape index (κ1) is 30.2. The highest BCUT2D eigenvalue weighted by Crippen LogP contribution is 2.44. The van der Waals surface area contributed by atoms with Crippen molar-refractivity contribution in [3.63, 3.8) is 0 Å². The molecule has 0 radical (unpaired) electrons. The first-order valence-corrected chi connectivity index (χ1v) is 15.4. The van der Waals surface area contributed by atoms with Crippen LogP contribution in [0.2, 0.25) is 5.02 Å². The number of hydrogen-bond acceptors (Lipinski definition) is 7. The maximum absolute atomic E-state index is 14.9. The van der Waals surface area contributed by atoms with E-state index in [2.05, 4.69) is 22.0 Å². The molecule has 0 unspecified atom stereocenters. The summed E-state index contributed by atoms with van der Waals surface area (Å²) in [6.45, 7) is 6.42. The van der Waals surface area contributed by atoms with E-state index in [0.717, 1.165) is 48.6 Å². The molecule has 1 saturated heterocycles. The van der Waals surface area contributed by atoms with E-state index in [1.807, 2.05) is 36.6 Å². The molecular formula is C34H36ClFN4O4. The molecule has 1 fully saturated rings. The van der Waals surface area contributed by atoms with Crippen LogP contribution in [0.4, 0.5) is 4.39 Å². The molecule has 8 nitrogen and oxygen atoms in total. The van der Waals surface area contributed by atoms with Crippen LogP contribution in [-0.2, 0) is 23.4 Å². The molecule has 1 N–H and O–H groups in total. The zero-order valence-corrected chi connectivity index (χ0v) is 25.9. The van der Waals surface area contributed by atoms with Gasteiger partial charge in [-0.05, 0) is 81.1 Å². The summed E-state index contributed by atoms with van der Waals surface area (Å²) in [5.74, 6) is 0.963. The lowest BCUT2D eigenvalue weighted by atomic mass is 9.85. The number of likely N-dealkylation sites (tertiary alicyclic amines) is 1. The van der Waals surface area contributed by atoms with Crippen LogP contribution >= 0.6 is 11.6 Å². The Hall–Kier alpha value is -3.79. The third-order valence-electron chi connectivity index (χ3n) is 8.76. The van der Waals surface area contributed by atoms with Crippen molar-refractivity contribution >= 4 is 34.8 Å². The van der Waals surface area contributed by atoms with Gasteiger partial charge in [0.25, 0.3) is 0 Å². The standard InChI is InChI=1S/C34H36ClFN4O4/c1-4-24(41)19-40-30(37-28-10-11-29(33(42)43-3)38-32(28)40)20-39-16-13-21(14-17-39)25-7-5-6-22-12-15-34(2,44-31(22)25)26-9-8-23(35)18-27(26)36/h5-12,15,18,21,24,41H,4,13-14,16-17,19-20H2,1-3H3/t24-,34+/m0/s1. The second-order valence-electron chi connectivity index (χ2n) is 11.7. The number of ether oxygens (including phenoxy) is 2. The molecule has 0 amide bonds. The molecule has 230 valence electrons. The van der Waals surface area contributed by atoms with Gasteiger partial charge in [-0.2, -0.15) is 0 Å². The number of carbonyl (C=O) groups is 1. The molecule has 0 bridgehead atoms. The number of fused-ring (bicyclic) bond motifs is 2. The predicted molar refractivity (Wildman–Crippen MR) is 167 cm³/mol. The van der Waals surface area contributed by atoms with Gasteiger partial charge in [-0.25, -0.2) is 19.2 Å². The average Bonchev–Trinajstić information content (AvgIpc) is 3.36. The summed E-state index contributed by atoms with van der Waals surface area (Å²) in [6, 6.07) is 14.3. The van der Waals surface area contributed by atoms with Crippen molar-refractivity contribution in [2.24, 2.45) is 0 Å². The van der Waals surface area contributed by atoms with E-state index < -0.39 is 23.5 Å². The fraction of sp³-hybridized carbons (Fsp3) is 0.382. The number of rotatable bonds is 8. The van der Waals surface area contributed by atoms with Crippen molar-refractivity contribution in [2.75, 3.05) is 20.2 Å². The zero-order chi connectivity index (χ0) is 31.0. The third kappa shape index (κ3) is 5.84. The van der Waals surface area contributed by atoms with Gasteiger partial charge in [0.1, 0.15) is 22.9 Å². The third-order valence-corrected chi connectivity index (χ3v) is 8.99. The number of aromatic nitrogens is 3. The molecule has 2 aromatic carbocycles. The number of carbonyl (C=O) groups excluding carboxylic acids is 1. The van der Waals surface area contributed by atoms with Crippen molar-refractivity contribution in [3.05, 3.63) is 93.7 Å². The van der Waals surface area contributed by atoms with E-state index in [1.165, 1.54) is 13.2 Å². The van der Waals surface area contributed by atoms with E-state index in [0.29, 0.717) is 41.3 Å². The van der Waals surface area contributed by atoms with Crippen LogP contribution in [0.1, 0.15) is 72.0 Å². The minimum absolute atomic E-state index is 0.206. The van der Waals surface area contributed by atoms with Gasteiger partial charge in [0.2, 0.25) is 0 Å². The SMILES string of the molecule is CC[C@H](O)Cn1c(CN2CCC(c3cccc4c3O[C@@](C)(c3ccc(Cl)cc3F)C=C4)CC2)nc2ccc(C(=O)OC)nc21. The van der Waals surface area contributed by atoms with Crippen LogP contribution in [0.5, 0.6) is 5.75 Å². The van der Waals surface area contributed by atoms with Crippen LogP contribution in [0, 0.1) is 5.82 Å². The minimum atomic E-state index is -0.956. The van der Waals surface area contributed by atoms with Gasteiger partial charge >= 0.3 is 5.97 Å². The Morgan fingerprint density at radius 3 is 2.73 bits per heavy atom. The summed E-state index contributed by atoms with van der Waals surface area (Å²) in [4.78, 5) is 23.9. The van der Waals surface area contributed by atoms with Gasteiger partial charge in [0.15, 0.2) is 16.9 Å². The Bertz CT molecular complexity index is 1730. The predicted octanol–water partition coefficient (Wildman–Crippen LogP) is 6.48. The number of methoxy groups -OCH3 is 1. The lowest BCUT2D eigenvalue weighted by Gasteiger charge is -2.37. The summed E-state index contributed by atoms with van der Waals surface area (Å²) < 4.78 is 28.3. The number of halogens is 2. The van der Waals surface area contributed by atoms with Gasteiger partial charge < -0.3 is 19.1 Å². The Balaban J connectivity index is 1.21. The summed E-state index contributed by atoms with van der Waals surface area (Å²) in [5, 5.41) is 10.9. The molecule has 2 aliphatic heterocycles. The van der Waals surface area contributed by atoms with Crippen LogP contribution in [-0.4, -0.2) is 56.8 Å². The molecule has 0 saturated carbocycles.